The van der Waals surface area contributed by atoms with Crippen molar-refractivity contribution < 1.29 is 19.4 Å². The van der Waals surface area contributed by atoms with E-state index in [-0.39, 0.29) is 10.9 Å². The molecule has 0 aromatic heterocycles. The van der Waals surface area contributed by atoms with Gasteiger partial charge in [-0.3, -0.25) is 5.32 Å². The molecule has 7 nitrogen and oxygen atoms in total. The molecule has 1 aromatic rings. The lowest BCUT2D eigenvalue weighted by molar-refractivity contribution is -0.0361. The van der Waals surface area contributed by atoms with Gasteiger partial charge in [0.1, 0.15) is 5.03 Å². The van der Waals surface area contributed by atoms with Crippen molar-refractivity contribution in [2.24, 2.45) is 4.99 Å². The molecule has 1 aliphatic heterocycles. The first-order valence-corrected chi connectivity index (χ1v) is 6.32. The summed E-state index contributed by atoms with van der Waals surface area (Å²) in [5.74, 6) is -1.53. The van der Waals surface area contributed by atoms with Crippen LogP contribution in [0.25, 0.3) is 0 Å². The van der Waals surface area contributed by atoms with Crippen molar-refractivity contribution in [2.45, 2.75) is 5.97 Å². The van der Waals surface area contributed by atoms with Crippen molar-refractivity contribution in [1.29, 1.82) is 0 Å². The maximum atomic E-state index is 11.7. The Morgan fingerprint density at radius 1 is 1.38 bits per heavy atom. The van der Waals surface area contributed by atoms with Gasteiger partial charge in [0.2, 0.25) is 5.88 Å². The predicted molar refractivity (Wildman–Crippen MR) is 78.2 cm³/mol. The summed E-state index contributed by atoms with van der Waals surface area (Å²) in [5.41, 5.74) is 0.380. The normalized spacial score (nSPS) is 20.9. The van der Waals surface area contributed by atoms with Crippen molar-refractivity contribution in [3.8, 4) is 0 Å². The molecule has 1 heterocycles. The average Bonchev–Trinajstić information content (AvgIpc) is 2.50. The van der Waals surface area contributed by atoms with Crippen molar-refractivity contribution >= 4 is 29.6 Å². The lowest BCUT2D eigenvalue weighted by Crippen LogP contribution is -2.62. The Morgan fingerprint density at radius 3 is 2.57 bits per heavy atom. The van der Waals surface area contributed by atoms with Gasteiger partial charge in [-0.1, -0.05) is 29.8 Å². The van der Waals surface area contributed by atoms with Crippen LogP contribution >= 0.6 is 11.6 Å². The number of allylic oxidation sites excluding steroid dienone is 1. The van der Waals surface area contributed by atoms with Crippen LogP contribution in [0.3, 0.4) is 0 Å². The van der Waals surface area contributed by atoms with E-state index < -0.39 is 12.1 Å². The minimum atomic E-state index is -1.70. The van der Waals surface area contributed by atoms with E-state index in [1.54, 1.807) is 30.3 Å². The summed E-state index contributed by atoms with van der Waals surface area (Å²) in [7, 11) is 2.73. The quantitative estimate of drug-likeness (QED) is 0.833. The van der Waals surface area contributed by atoms with E-state index in [9.17, 15) is 9.90 Å². The van der Waals surface area contributed by atoms with Crippen LogP contribution in [0.5, 0.6) is 0 Å². The Kier molecular flexibility index (Phi) is 4.35. The minimum Gasteiger partial charge on any atom is -0.481 e. The van der Waals surface area contributed by atoms with Crippen molar-refractivity contribution in [2.75, 3.05) is 19.1 Å². The van der Waals surface area contributed by atoms with E-state index in [2.05, 4.69) is 10.3 Å². The molecule has 1 aliphatic rings. The van der Waals surface area contributed by atoms with Crippen molar-refractivity contribution in [1.82, 2.24) is 5.32 Å². The van der Waals surface area contributed by atoms with Crippen LogP contribution in [0, 0.1) is 0 Å². The fraction of sp³-hybridized carbons (Fsp3) is 0.231. The van der Waals surface area contributed by atoms with Gasteiger partial charge in [0.15, 0.2) is 0 Å². The number of carboxylic acid groups (broad SMARTS) is 1. The van der Waals surface area contributed by atoms with Gasteiger partial charge in [-0.25, -0.2) is 14.7 Å². The zero-order valence-corrected chi connectivity index (χ0v) is 12.2. The highest BCUT2D eigenvalue weighted by atomic mass is 35.5. The lowest BCUT2D eigenvalue weighted by atomic mass is 10.3. The number of carbonyl (C=O) groups is 1. The van der Waals surface area contributed by atoms with Crippen molar-refractivity contribution in [3.05, 3.63) is 41.2 Å². The molecular formula is C13H14ClN3O4. The van der Waals surface area contributed by atoms with E-state index in [1.807, 2.05) is 0 Å². The summed E-state index contributed by atoms with van der Waals surface area (Å²) < 4.78 is 10.4. The zero-order valence-electron chi connectivity index (χ0n) is 11.4. The summed E-state index contributed by atoms with van der Waals surface area (Å²) in [6.07, 6.45) is 0.0281. The number of rotatable bonds is 4. The number of methoxy groups -OCH3 is 2. The van der Waals surface area contributed by atoms with Crippen LogP contribution in [0.1, 0.15) is 0 Å². The Bertz CT molecular complexity index is 590. The van der Waals surface area contributed by atoms with Gasteiger partial charge >= 0.3 is 12.1 Å². The molecule has 1 aromatic carbocycles. The van der Waals surface area contributed by atoms with Crippen LogP contribution in [0.15, 0.2) is 46.2 Å². The van der Waals surface area contributed by atoms with Crippen LogP contribution in [-0.2, 0) is 9.47 Å². The van der Waals surface area contributed by atoms with Crippen LogP contribution in [-0.4, -0.2) is 37.6 Å². The van der Waals surface area contributed by atoms with E-state index in [0.29, 0.717) is 5.69 Å². The number of ether oxygens (including phenoxy) is 2. The Labute approximate surface area is 126 Å². The molecule has 21 heavy (non-hydrogen) atoms. The Balaban J connectivity index is 2.48. The van der Waals surface area contributed by atoms with Gasteiger partial charge in [0.05, 0.1) is 19.0 Å². The van der Waals surface area contributed by atoms with Gasteiger partial charge in [-0.15, -0.1) is 0 Å². The summed E-state index contributed by atoms with van der Waals surface area (Å²) >= 11 is 5.92. The predicted octanol–water partition coefficient (Wildman–Crippen LogP) is 2.16. The monoisotopic (exact) mass is 311 g/mol. The highest BCUT2D eigenvalue weighted by Crippen LogP contribution is 2.28. The third kappa shape index (κ3) is 2.79. The third-order valence-electron chi connectivity index (χ3n) is 2.84. The molecule has 0 spiro atoms. The van der Waals surface area contributed by atoms with Gasteiger partial charge in [0.25, 0.3) is 0 Å². The first kappa shape index (κ1) is 15.1. The molecule has 2 rings (SSSR count). The maximum absolute atomic E-state index is 11.7. The first-order chi connectivity index (χ1) is 10.0. The molecule has 0 fully saturated rings. The largest absolute Gasteiger partial charge is 0.481 e. The van der Waals surface area contributed by atoms with Crippen LogP contribution in [0.4, 0.5) is 10.5 Å². The molecule has 0 radical (unpaired) electrons. The van der Waals surface area contributed by atoms with E-state index >= 15 is 0 Å². The zero-order chi connectivity index (χ0) is 15.5. The number of amides is 1. The highest BCUT2D eigenvalue weighted by Gasteiger charge is 2.44. The molecule has 2 N–H and O–H groups in total. The standard InChI is InChI=1S/C13H14ClN3O4/c1-20-11-10(14)8-15-13(16-11,21-2)17(12(18)19)9-6-4-3-5-7-9/h3-8,16H,1-2H3,(H,18,19). The second-order valence-electron chi connectivity index (χ2n) is 4.03. The topological polar surface area (TPSA) is 83.4 Å². The number of benzene rings is 1. The number of hydrogen-bond acceptors (Lipinski definition) is 5. The lowest BCUT2D eigenvalue weighted by Gasteiger charge is -2.39. The van der Waals surface area contributed by atoms with Gasteiger partial charge in [0, 0.05) is 7.11 Å². The number of anilines is 1. The minimum absolute atomic E-state index is 0.163. The third-order valence-corrected chi connectivity index (χ3v) is 3.11. The average molecular weight is 312 g/mol. The Morgan fingerprint density at radius 2 is 2.05 bits per heavy atom. The molecule has 0 bridgehead atoms. The maximum Gasteiger partial charge on any atom is 0.417 e. The summed E-state index contributed by atoms with van der Waals surface area (Å²) in [5, 5.41) is 12.5. The van der Waals surface area contributed by atoms with Gasteiger partial charge in [-0.2, -0.15) is 0 Å². The molecule has 112 valence electrons. The number of nitrogens with one attached hydrogen (secondary N) is 1. The highest BCUT2D eigenvalue weighted by molar-refractivity contribution is 6.39. The molecule has 8 heteroatoms. The van der Waals surface area contributed by atoms with Gasteiger partial charge in [-0.05, 0) is 12.1 Å². The molecular weight excluding hydrogens is 298 g/mol. The fourth-order valence-electron chi connectivity index (χ4n) is 1.89. The Hall–Kier alpha value is -2.25. The molecule has 1 atom stereocenters. The summed E-state index contributed by atoms with van der Waals surface area (Å²) in [6.45, 7) is 0. The van der Waals surface area contributed by atoms with E-state index in [0.717, 1.165) is 4.90 Å². The molecule has 1 unspecified atom stereocenters. The van der Waals surface area contributed by atoms with Gasteiger partial charge < -0.3 is 14.6 Å². The van der Waals surface area contributed by atoms with Crippen LogP contribution in [0.2, 0.25) is 0 Å². The number of halogens is 1. The summed E-state index contributed by atoms with van der Waals surface area (Å²) in [4.78, 5) is 16.7. The number of aliphatic imine (C=N–C) groups is 1. The smallest absolute Gasteiger partial charge is 0.417 e. The second-order valence-corrected chi connectivity index (χ2v) is 4.44. The van der Waals surface area contributed by atoms with E-state index in [4.69, 9.17) is 21.1 Å². The van der Waals surface area contributed by atoms with Crippen molar-refractivity contribution in [3.63, 3.8) is 0 Å². The van der Waals surface area contributed by atoms with Crippen LogP contribution < -0.4 is 10.2 Å². The fourth-order valence-corrected chi connectivity index (χ4v) is 2.07. The second kappa shape index (κ2) is 6.02. The molecule has 0 saturated heterocycles. The van der Waals surface area contributed by atoms with E-state index in [1.165, 1.54) is 20.4 Å². The number of nitrogens with zero attached hydrogens (tertiary/aromatic N) is 2. The molecule has 0 saturated carbocycles. The number of para-hydroxylation sites is 1. The first-order valence-electron chi connectivity index (χ1n) is 5.94. The number of hydrogen-bond donors (Lipinski definition) is 2. The molecule has 0 aliphatic carbocycles. The SMILES string of the molecule is COC1=C(Cl)C=NC(OC)(N(C(=O)O)c2ccccc2)N1. The summed E-state index contributed by atoms with van der Waals surface area (Å²) in [6, 6.07) is 8.44. The molecule has 1 amide bonds.